The summed E-state index contributed by atoms with van der Waals surface area (Å²) in [5, 5.41) is 2.69. The Labute approximate surface area is 109 Å². The smallest absolute Gasteiger partial charge is 0.198 e. The van der Waals surface area contributed by atoms with Crippen molar-refractivity contribution in [2.45, 2.75) is 39.0 Å². The van der Waals surface area contributed by atoms with Crippen molar-refractivity contribution >= 4 is 17.1 Å². The number of rotatable bonds is 6. The number of benzene rings is 2. The molecule has 0 N–H and O–H groups in total. The number of aryl methyl sites for hydroxylation is 2. The molecule has 0 aromatic heterocycles. The average Bonchev–Trinajstić information content (AvgIpc) is 2.41. The molecule has 1 heteroatoms. The molecular formula is C17H19O. The third-order valence-electron chi connectivity index (χ3n) is 3.48. The Bertz CT molecular complexity index is 528. The van der Waals surface area contributed by atoms with E-state index in [2.05, 4.69) is 43.3 Å². The van der Waals surface area contributed by atoms with Crippen LogP contribution < -0.4 is 0 Å². The number of carbonyl (C=O) groups excluding carboxylic acids is 1. The van der Waals surface area contributed by atoms with Crippen LogP contribution in [0.4, 0.5) is 0 Å². The van der Waals surface area contributed by atoms with Crippen molar-refractivity contribution in [1.82, 2.24) is 0 Å². The quantitative estimate of drug-likeness (QED) is 0.684. The SMILES string of the molecule is Cc1ccc2ccccc2c1CCCCC[C]=O. The number of fused-ring (bicyclic) bond motifs is 1. The minimum atomic E-state index is 0.578. The van der Waals surface area contributed by atoms with Gasteiger partial charge in [0.1, 0.15) is 0 Å². The number of hydrogen-bond donors (Lipinski definition) is 0. The van der Waals surface area contributed by atoms with Crippen LogP contribution in [0.3, 0.4) is 0 Å². The first kappa shape index (κ1) is 12.8. The predicted octanol–water partition coefficient (Wildman–Crippen LogP) is 4.36. The molecule has 18 heavy (non-hydrogen) atoms. The van der Waals surface area contributed by atoms with Crippen LogP contribution >= 0.6 is 0 Å². The van der Waals surface area contributed by atoms with Crippen LogP contribution in [0.5, 0.6) is 0 Å². The highest BCUT2D eigenvalue weighted by atomic mass is 16.1. The molecule has 0 aliphatic rings. The maximum absolute atomic E-state index is 10.1. The highest BCUT2D eigenvalue weighted by Gasteiger charge is 2.04. The Kier molecular flexibility index (Phi) is 4.52. The molecule has 0 fully saturated rings. The molecule has 2 aromatic rings. The van der Waals surface area contributed by atoms with Crippen molar-refractivity contribution in [1.29, 1.82) is 0 Å². The van der Waals surface area contributed by atoms with Gasteiger partial charge in [-0.05, 0) is 48.1 Å². The molecule has 2 aromatic carbocycles. The van der Waals surface area contributed by atoms with Crippen LogP contribution in [0.1, 0.15) is 36.8 Å². The predicted molar refractivity (Wildman–Crippen MR) is 76.6 cm³/mol. The van der Waals surface area contributed by atoms with Crippen LogP contribution in [0.25, 0.3) is 10.8 Å². The van der Waals surface area contributed by atoms with Crippen LogP contribution in [-0.4, -0.2) is 6.29 Å². The molecule has 0 atom stereocenters. The van der Waals surface area contributed by atoms with Gasteiger partial charge in [0.2, 0.25) is 0 Å². The lowest BCUT2D eigenvalue weighted by Gasteiger charge is -2.10. The lowest BCUT2D eigenvalue weighted by atomic mass is 9.95. The lowest BCUT2D eigenvalue weighted by molar-refractivity contribution is 0.545. The van der Waals surface area contributed by atoms with Crippen LogP contribution in [-0.2, 0) is 11.2 Å². The molecule has 0 bridgehead atoms. The fraction of sp³-hybridized carbons (Fsp3) is 0.353. The second-order valence-corrected chi connectivity index (χ2v) is 4.79. The summed E-state index contributed by atoms with van der Waals surface area (Å²) in [5.41, 5.74) is 2.83. The van der Waals surface area contributed by atoms with E-state index < -0.39 is 0 Å². The first-order valence-electron chi connectivity index (χ1n) is 6.65. The summed E-state index contributed by atoms with van der Waals surface area (Å²) in [6, 6.07) is 13.0. The van der Waals surface area contributed by atoms with Crippen molar-refractivity contribution in [2.75, 3.05) is 0 Å². The second-order valence-electron chi connectivity index (χ2n) is 4.79. The molecule has 0 aliphatic carbocycles. The Morgan fingerprint density at radius 2 is 1.83 bits per heavy atom. The Morgan fingerprint density at radius 3 is 2.67 bits per heavy atom. The van der Waals surface area contributed by atoms with Gasteiger partial charge in [-0.2, -0.15) is 0 Å². The van der Waals surface area contributed by atoms with E-state index in [4.69, 9.17) is 0 Å². The first-order valence-corrected chi connectivity index (χ1v) is 6.65. The van der Waals surface area contributed by atoms with Gasteiger partial charge in [-0.25, -0.2) is 0 Å². The van der Waals surface area contributed by atoms with Gasteiger partial charge in [-0.3, -0.25) is 4.79 Å². The molecule has 1 radical (unpaired) electrons. The molecule has 1 nitrogen and oxygen atoms in total. The summed E-state index contributed by atoms with van der Waals surface area (Å²) in [5.74, 6) is 0. The minimum absolute atomic E-state index is 0.578. The largest absolute Gasteiger partial charge is 0.291 e. The summed E-state index contributed by atoms with van der Waals surface area (Å²) in [7, 11) is 0. The molecule has 0 amide bonds. The summed E-state index contributed by atoms with van der Waals surface area (Å²) in [6.45, 7) is 2.18. The Balaban J connectivity index is 2.11. The van der Waals surface area contributed by atoms with Gasteiger partial charge in [0, 0.05) is 6.42 Å². The zero-order chi connectivity index (χ0) is 12.8. The summed E-state index contributed by atoms with van der Waals surface area (Å²) in [6.07, 6.45) is 6.86. The van der Waals surface area contributed by atoms with Gasteiger partial charge in [0.15, 0.2) is 6.29 Å². The summed E-state index contributed by atoms with van der Waals surface area (Å²) >= 11 is 0. The van der Waals surface area contributed by atoms with E-state index in [1.54, 1.807) is 0 Å². The van der Waals surface area contributed by atoms with Crippen molar-refractivity contribution in [3.05, 3.63) is 47.5 Å². The van der Waals surface area contributed by atoms with Gasteiger partial charge in [0.25, 0.3) is 0 Å². The molecule has 0 saturated carbocycles. The molecule has 0 spiro atoms. The third-order valence-corrected chi connectivity index (χ3v) is 3.48. The lowest BCUT2D eigenvalue weighted by Crippen LogP contribution is -1.92. The van der Waals surface area contributed by atoms with Gasteiger partial charge in [-0.15, -0.1) is 0 Å². The highest BCUT2D eigenvalue weighted by Crippen LogP contribution is 2.23. The topological polar surface area (TPSA) is 17.1 Å². The zero-order valence-corrected chi connectivity index (χ0v) is 10.9. The fourth-order valence-electron chi connectivity index (χ4n) is 2.45. The van der Waals surface area contributed by atoms with Gasteiger partial charge < -0.3 is 0 Å². The van der Waals surface area contributed by atoms with Crippen LogP contribution in [0.2, 0.25) is 0 Å². The van der Waals surface area contributed by atoms with Crippen molar-refractivity contribution < 1.29 is 4.79 Å². The van der Waals surface area contributed by atoms with E-state index in [9.17, 15) is 4.79 Å². The highest BCUT2D eigenvalue weighted by molar-refractivity contribution is 5.86. The molecule has 0 saturated heterocycles. The van der Waals surface area contributed by atoms with Crippen molar-refractivity contribution in [3.63, 3.8) is 0 Å². The molecular weight excluding hydrogens is 220 g/mol. The number of unbranched alkanes of at least 4 members (excludes halogenated alkanes) is 3. The Hall–Kier alpha value is -1.63. The van der Waals surface area contributed by atoms with E-state index in [1.165, 1.54) is 21.9 Å². The molecule has 0 heterocycles. The van der Waals surface area contributed by atoms with Crippen molar-refractivity contribution in [2.24, 2.45) is 0 Å². The summed E-state index contributed by atoms with van der Waals surface area (Å²) in [4.78, 5) is 10.1. The molecule has 0 aliphatic heterocycles. The standard InChI is InChI=1S/C17H19O/c1-14-11-12-15-8-5-6-10-17(15)16(14)9-4-2-3-7-13-18/h5-6,8,10-12H,2-4,7,9H2,1H3. The third kappa shape index (κ3) is 2.98. The monoisotopic (exact) mass is 239 g/mol. The van der Waals surface area contributed by atoms with Crippen molar-refractivity contribution in [3.8, 4) is 0 Å². The molecule has 0 unspecified atom stereocenters. The van der Waals surface area contributed by atoms with Gasteiger partial charge >= 0.3 is 0 Å². The number of hydrogen-bond acceptors (Lipinski definition) is 1. The zero-order valence-electron chi connectivity index (χ0n) is 10.9. The van der Waals surface area contributed by atoms with E-state index in [1.807, 2.05) is 6.29 Å². The van der Waals surface area contributed by atoms with E-state index in [0.29, 0.717) is 6.42 Å². The molecule has 93 valence electrons. The molecule has 2 rings (SSSR count). The maximum Gasteiger partial charge on any atom is 0.198 e. The van der Waals surface area contributed by atoms with Gasteiger partial charge in [-0.1, -0.05) is 42.8 Å². The van der Waals surface area contributed by atoms with Gasteiger partial charge in [0.05, 0.1) is 0 Å². The second kappa shape index (κ2) is 6.34. The summed E-state index contributed by atoms with van der Waals surface area (Å²) < 4.78 is 0. The van der Waals surface area contributed by atoms with Crippen LogP contribution in [0, 0.1) is 6.92 Å². The Morgan fingerprint density at radius 1 is 1.00 bits per heavy atom. The fourth-order valence-corrected chi connectivity index (χ4v) is 2.45. The average molecular weight is 239 g/mol. The van der Waals surface area contributed by atoms with Crippen LogP contribution in [0.15, 0.2) is 36.4 Å². The maximum atomic E-state index is 10.1. The first-order chi connectivity index (χ1) is 8.83. The van der Waals surface area contributed by atoms with E-state index in [-0.39, 0.29) is 0 Å². The van der Waals surface area contributed by atoms with E-state index in [0.717, 1.165) is 25.7 Å². The minimum Gasteiger partial charge on any atom is -0.291 e. The normalized spacial score (nSPS) is 10.7. The van der Waals surface area contributed by atoms with E-state index >= 15 is 0 Å².